The number of nitrogens with two attached hydrogens (primary N) is 1. The van der Waals surface area contributed by atoms with Gasteiger partial charge in [0.05, 0.1) is 0 Å². The highest BCUT2D eigenvalue weighted by molar-refractivity contribution is 7.16. The van der Waals surface area contributed by atoms with Crippen molar-refractivity contribution in [2.75, 3.05) is 0 Å². The van der Waals surface area contributed by atoms with Crippen LogP contribution in [-0.2, 0) is 6.18 Å². The van der Waals surface area contributed by atoms with Gasteiger partial charge < -0.3 is 5.73 Å². The van der Waals surface area contributed by atoms with E-state index in [2.05, 4.69) is 15.3 Å². The molecule has 0 aliphatic heterocycles. The Labute approximate surface area is 110 Å². The molecule has 19 heavy (non-hydrogen) atoms. The first-order valence-corrected chi connectivity index (χ1v) is 6.81. The molecule has 0 bridgehead atoms. The van der Waals surface area contributed by atoms with Gasteiger partial charge in [0, 0.05) is 12.0 Å². The SMILES string of the molecule is NC1CCC(c2nn3c(C(F)(F)F)nnc3s2)CC1. The van der Waals surface area contributed by atoms with E-state index in [0.717, 1.165) is 30.2 Å². The lowest BCUT2D eigenvalue weighted by molar-refractivity contribution is -0.146. The van der Waals surface area contributed by atoms with Crippen molar-refractivity contribution in [2.45, 2.75) is 43.8 Å². The molecule has 2 aromatic rings. The first kappa shape index (κ1) is 12.8. The summed E-state index contributed by atoms with van der Waals surface area (Å²) in [5.41, 5.74) is 5.82. The minimum atomic E-state index is -4.53. The lowest BCUT2D eigenvalue weighted by Gasteiger charge is -2.23. The third-order valence-corrected chi connectivity index (χ3v) is 4.44. The van der Waals surface area contributed by atoms with Crippen LogP contribution in [0.1, 0.15) is 42.4 Å². The van der Waals surface area contributed by atoms with Crippen LogP contribution in [0.3, 0.4) is 0 Å². The number of aromatic nitrogens is 4. The van der Waals surface area contributed by atoms with Gasteiger partial charge >= 0.3 is 6.18 Å². The summed E-state index contributed by atoms with van der Waals surface area (Å²) in [7, 11) is 0. The van der Waals surface area contributed by atoms with Crippen LogP contribution in [0.5, 0.6) is 0 Å². The molecule has 1 aliphatic carbocycles. The van der Waals surface area contributed by atoms with E-state index in [1.54, 1.807) is 0 Å². The van der Waals surface area contributed by atoms with Gasteiger partial charge in [0.2, 0.25) is 4.96 Å². The first-order chi connectivity index (χ1) is 8.95. The third kappa shape index (κ3) is 2.32. The molecular weight excluding hydrogens is 279 g/mol. The summed E-state index contributed by atoms with van der Waals surface area (Å²) in [5, 5.41) is 11.4. The maximum atomic E-state index is 12.7. The molecule has 2 aromatic heterocycles. The van der Waals surface area contributed by atoms with E-state index in [9.17, 15) is 13.2 Å². The zero-order valence-electron chi connectivity index (χ0n) is 9.89. The van der Waals surface area contributed by atoms with Gasteiger partial charge in [-0.15, -0.1) is 10.2 Å². The number of alkyl halides is 3. The fraction of sp³-hybridized carbons (Fsp3) is 0.700. The fourth-order valence-electron chi connectivity index (χ4n) is 2.34. The monoisotopic (exact) mass is 291 g/mol. The molecule has 0 radical (unpaired) electrons. The van der Waals surface area contributed by atoms with Gasteiger partial charge in [0.25, 0.3) is 5.82 Å². The predicted molar refractivity (Wildman–Crippen MR) is 62.8 cm³/mol. The quantitative estimate of drug-likeness (QED) is 0.874. The molecule has 1 fully saturated rings. The van der Waals surface area contributed by atoms with Crippen LogP contribution in [0.25, 0.3) is 4.96 Å². The van der Waals surface area contributed by atoms with Crippen molar-refractivity contribution in [3.63, 3.8) is 0 Å². The average molecular weight is 291 g/mol. The van der Waals surface area contributed by atoms with Crippen molar-refractivity contribution >= 4 is 16.3 Å². The minimum Gasteiger partial charge on any atom is -0.328 e. The Morgan fingerprint density at radius 3 is 2.47 bits per heavy atom. The summed E-state index contributed by atoms with van der Waals surface area (Å²) in [4.78, 5) is 0.192. The van der Waals surface area contributed by atoms with Crippen molar-refractivity contribution in [2.24, 2.45) is 5.73 Å². The summed E-state index contributed by atoms with van der Waals surface area (Å²) in [5.74, 6) is -0.870. The molecule has 104 valence electrons. The number of nitrogens with zero attached hydrogens (tertiary/aromatic N) is 4. The summed E-state index contributed by atoms with van der Waals surface area (Å²) in [6.07, 6.45) is -1.02. The number of hydrogen-bond donors (Lipinski definition) is 1. The maximum absolute atomic E-state index is 12.7. The van der Waals surface area contributed by atoms with Crippen LogP contribution in [0.15, 0.2) is 0 Å². The Morgan fingerprint density at radius 2 is 1.84 bits per heavy atom. The molecule has 1 saturated carbocycles. The van der Waals surface area contributed by atoms with E-state index >= 15 is 0 Å². The average Bonchev–Trinajstić information content (AvgIpc) is 2.87. The second-order valence-corrected chi connectivity index (χ2v) is 5.76. The standard InChI is InChI=1S/C10H12F3N5S/c11-10(12,13)8-15-16-9-18(8)17-7(19-9)5-1-3-6(14)4-2-5/h5-6H,1-4,14H2. The van der Waals surface area contributed by atoms with E-state index in [4.69, 9.17) is 5.73 Å². The lowest BCUT2D eigenvalue weighted by atomic mass is 9.87. The maximum Gasteiger partial charge on any atom is 0.453 e. The second kappa shape index (κ2) is 4.41. The van der Waals surface area contributed by atoms with Crippen LogP contribution in [-0.4, -0.2) is 25.9 Å². The number of rotatable bonds is 1. The molecule has 0 aromatic carbocycles. The molecule has 2 heterocycles. The lowest BCUT2D eigenvalue weighted by Crippen LogP contribution is -2.25. The number of halogens is 3. The van der Waals surface area contributed by atoms with E-state index < -0.39 is 12.0 Å². The highest BCUT2D eigenvalue weighted by Gasteiger charge is 2.38. The Morgan fingerprint density at radius 1 is 1.16 bits per heavy atom. The Kier molecular flexibility index (Phi) is 2.97. The molecule has 3 rings (SSSR count). The largest absolute Gasteiger partial charge is 0.453 e. The van der Waals surface area contributed by atoms with E-state index in [0.29, 0.717) is 5.01 Å². The molecule has 9 heteroatoms. The molecule has 0 spiro atoms. The van der Waals surface area contributed by atoms with Crippen molar-refractivity contribution in [1.29, 1.82) is 0 Å². The Hall–Kier alpha value is -1.22. The van der Waals surface area contributed by atoms with Crippen molar-refractivity contribution in [1.82, 2.24) is 19.8 Å². The van der Waals surface area contributed by atoms with Gasteiger partial charge in [-0.25, -0.2) is 0 Å². The molecule has 0 amide bonds. The van der Waals surface area contributed by atoms with E-state index in [-0.39, 0.29) is 16.9 Å². The van der Waals surface area contributed by atoms with E-state index in [1.807, 2.05) is 0 Å². The Balaban J connectivity index is 1.92. The summed E-state index contributed by atoms with van der Waals surface area (Å²) >= 11 is 1.18. The Bertz CT molecular complexity index is 582. The summed E-state index contributed by atoms with van der Waals surface area (Å²) < 4.78 is 38.8. The van der Waals surface area contributed by atoms with Crippen molar-refractivity contribution < 1.29 is 13.2 Å². The van der Waals surface area contributed by atoms with Gasteiger partial charge in [-0.3, -0.25) is 0 Å². The molecule has 2 N–H and O–H groups in total. The zero-order valence-corrected chi connectivity index (χ0v) is 10.7. The molecule has 0 atom stereocenters. The molecule has 5 nitrogen and oxygen atoms in total. The highest BCUT2D eigenvalue weighted by atomic mass is 32.1. The van der Waals surface area contributed by atoms with Crippen LogP contribution >= 0.6 is 11.3 Å². The van der Waals surface area contributed by atoms with Crippen molar-refractivity contribution in [3.8, 4) is 0 Å². The normalized spacial score (nSPS) is 25.1. The van der Waals surface area contributed by atoms with Gasteiger partial charge in [0.1, 0.15) is 5.01 Å². The molecule has 1 aliphatic rings. The van der Waals surface area contributed by atoms with Gasteiger partial charge in [-0.05, 0) is 25.7 Å². The number of hydrogen-bond acceptors (Lipinski definition) is 5. The van der Waals surface area contributed by atoms with Crippen LogP contribution in [0.2, 0.25) is 0 Å². The third-order valence-electron chi connectivity index (χ3n) is 3.38. The summed E-state index contributed by atoms with van der Waals surface area (Å²) in [6, 6.07) is 0.202. The topological polar surface area (TPSA) is 69.1 Å². The second-order valence-electron chi connectivity index (χ2n) is 4.77. The minimum absolute atomic E-state index is 0.188. The van der Waals surface area contributed by atoms with E-state index in [1.165, 1.54) is 11.3 Å². The predicted octanol–water partition coefficient (Wildman–Crippen LogP) is 2.19. The smallest absolute Gasteiger partial charge is 0.328 e. The van der Waals surface area contributed by atoms with Crippen LogP contribution in [0.4, 0.5) is 13.2 Å². The highest BCUT2D eigenvalue weighted by Crippen LogP contribution is 2.36. The molecule has 0 saturated heterocycles. The molecular formula is C10H12F3N5S. The van der Waals surface area contributed by atoms with Gasteiger partial charge in [-0.1, -0.05) is 11.3 Å². The first-order valence-electron chi connectivity index (χ1n) is 6.00. The van der Waals surface area contributed by atoms with Gasteiger partial charge in [0.15, 0.2) is 0 Å². The fourth-order valence-corrected chi connectivity index (χ4v) is 3.35. The van der Waals surface area contributed by atoms with Gasteiger partial charge in [-0.2, -0.15) is 22.8 Å². The zero-order chi connectivity index (χ0) is 13.6. The van der Waals surface area contributed by atoms with Crippen LogP contribution < -0.4 is 5.73 Å². The number of fused-ring (bicyclic) bond motifs is 1. The van der Waals surface area contributed by atoms with Crippen molar-refractivity contribution in [3.05, 3.63) is 10.8 Å². The summed E-state index contributed by atoms with van der Waals surface area (Å²) in [6.45, 7) is 0. The molecule has 0 unspecified atom stereocenters. The van der Waals surface area contributed by atoms with Crippen LogP contribution in [0, 0.1) is 0 Å².